The van der Waals surface area contributed by atoms with E-state index >= 15 is 0 Å². The van der Waals surface area contributed by atoms with E-state index in [0.717, 1.165) is 31.6 Å². The summed E-state index contributed by atoms with van der Waals surface area (Å²) in [6, 6.07) is 6.39. The van der Waals surface area contributed by atoms with Gasteiger partial charge in [0.05, 0.1) is 5.92 Å². The van der Waals surface area contributed by atoms with Gasteiger partial charge in [0.1, 0.15) is 0 Å². The number of hydrogen-bond acceptors (Lipinski definition) is 2. The van der Waals surface area contributed by atoms with E-state index in [-0.39, 0.29) is 11.8 Å². The van der Waals surface area contributed by atoms with Crippen LogP contribution in [0.1, 0.15) is 30.4 Å². The van der Waals surface area contributed by atoms with Crippen LogP contribution in [-0.2, 0) is 17.6 Å². The van der Waals surface area contributed by atoms with Crippen LogP contribution in [0.5, 0.6) is 0 Å². The second-order valence-corrected chi connectivity index (χ2v) is 5.37. The molecule has 2 N–H and O–H groups in total. The molecule has 3 heteroatoms. The predicted octanol–water partition coefficient (Wildman–Crippen LogP) is 2.11. The van der Waals surface area contributed by atoms with Crippen LogP contribution in [0, 0.1) is 5.92 Å². The van der Waals surface area contributed by atoms with Gasteiger partial charge in [-0.15, -0.1) is 0 Å². The summed E-state index contributed by atoms with van der Waals surface area (Å²) < 4.78 is 0. The van der Waals surface area contributed by atoms with Crippen molar-refractivity contribution in [2.75, 3.05) is 18.4 Å². The monoisotopic (exact) mass is 244 g/mol. The molecule has 2 aliphatic rings. The first kappa shape index (κ1) is 11.7. The number of fused-ring (bicyclic) bond motifs is 1. The molecular formula is C15H20N2O. The van der Waals surface area contributed by atoms with Gasteiger partial charge in [0.25, 0.3) is 0 Å². The molecule has 1 heterocycles. The standard InChI is InChI=1S/C15H20N2O/c18-15(13-7-8-16-10-13)17-14-6-5-11-3-1-2-4-12(11)9-14/h5-6,9,13,16H,1-4,7-8,10H2,(H,17,18). The lowest BCUT2D eigenvalue weighted by atomic mass is 9.91. The third-order valence-corrected chi connectivity index (χ3v) is 4.05. The van der Waals surface area contributed by atoms with Crippen LogP contribution in [0.25, 0.3) is 0 Å². The van der Waals surface area contributed by atoms with Crippen molar-refractivity contribution in [2.24, 2.45) is 5.92 Å². The molecule has 1 aliphatic carbocycles. The third-order valence-electron chi connectivity index (χ3n) is 4.05. The van der Waals surface area contributed by atoms with Crippen molar-refractivity contribution < 1.29 is 4.79 Å². The maximum Gasteiger partial charge on any atom is 0.228 e. The second-order valence-electron chi connectivity index (χ2n) is 5.37. The summed E-state index contributed by atoms with van der Waals surface area (Å²) in [7, 11) is 0. The van der Waals surface area contributed by atoms with Crippen LogP contribution in [0.3, 0.4) is 0 Å². The van der Waals surface area contributed by atoms with Crippen LogP contribution in [0.2, 0.25) is 0 Å². The summed E-state index contributed by atoms with van der Waals surface area (Å²) in [6.45, 7) is 1.78. The number of amides is 1. The average molecular weight is 244 g/mol. The molecule has 0 radical (unpaired) electrons. The topological polar surface area (TPSA) is 41.1 Å². The molecule has 18 heavy (non-hydrogen) atoms. The largest absolute Gasteiger partial charge is 0.326 e. The summed E-state index contributed by atoms with van der Waals surface area (Å²) in [5.41, 5.74) is 3.85. The fourth-order valence-electron chi connectivity index (χ4n) is 2.93. The highest BCUT2D eigenvalue weighted by atomic mass is 16.1. The minimum atomic E-state index is 0.140. The molecule has 1 atom stereocenters. The van der Waals surface area contributed by atoms with Crippen LogP contribution in [-0.4, -0.2) is 19.0 Å². The summed E-state index contributed by atoms with van der Waals surface area (Å²) in [5.74, 6) is 0.303. The van der Waals surface area contributed by atoms with E-state index in [0.29, 0.717) is 0 Å². The van der Waals surface area contributed by atoms with Crippen molar-refractivity contribution in [3.05, 3.63) is 29.3 Å². The van der Waals surface area contributed by atoms with E-state index in [4.69, 9.17) is 0 Å². The Bertz CT molecular complexity index is 450. The van der Waals surface area contributed by atoms with Gasteiger partial charge in [0.2, 0.25) is 5.91 Å². The number of carbonyl (C=O) groups excluding carboxylic acids is 1. The van der Waals surface area contributed by atoms with E-state index < -0.39 is 0 Å². The average Bonchev–Trinajstić information content (AvgIpc) is 2.92. The number of aryl methyl sites for hydroxylation is 2. The number of rotatable bonds is 2. The Morgan fingerprint density at radius 2 is 2.06 bits per heavy atom. The zero-order chi connectivity index (χ0) is 12.4. The second kappa shape index (κ2) is 5.11. The number of anilines is 1. The summed E-state index contributed by atoms with van der Waals surface area (Å²) in [6.07, 6.45) is 5.88. The summed E-state index contributed by atoms with van der Waals surface area (Å²) in [4.78, 5) is 12.0. The van der Waals surface area contributed by atoms with Crippen molar-refractivity contribution in [3.8, 4) is 0 Å². The van der Waals surface area contributed by atoms with E-state index in [2.05, 4.69) is 22.8 Å². The Balaban J connectivity index is 1.70. The van der Waals surface area contributed by atoms with Gasteiger partial charge in [-0.1, -0.05) is 6.07 Å². The molecule has 1 saturated heterocycles. The number of benzene rings is 1. The van der Waals surface area contributed by atoms with Crippen molar-refractivity contribution >= 4 is 11.6 Å². The first-order valence-corrected chi connectivity index (χ1v) is 6.96. The molecular weight excluding hydrogens is 224 g/mol. The van der Waals surface area contributed by atoms with Gasteiger partial charge < -0.3 is 10.6 Å². The van der Waals surface area contributed by atoms with Crippen molar-refractivity contribution in [1.82, 2.24) is 5.32 Å². The maximum atomic E-state index is 12.0. The summed E-state index contributed by atoms with van der Waals surface area (Å²) in [5, 5.41) is 6.28. The van der Waals surface area contributed by atoms with Gasteiger partial charge in [-0.2, -0.15) is 0 Å². The smallest absolute Gasteiger partial charge is 0.228 e. The Kier molecular flexibility index (Phi) is 3.33. The van der Waals surface area contributed by atoms with Gasteiger partial charge in [0.15, 0.2) is 0 Å². The van der Waals surface area contributed by atoms with E-state index in [9.17, 15) is 4.79 Å². The molecule has 1 unspecified atom stereocenters. The molecule has 0 saturated carbocycles. The van der Waals surface area contributed by atoms with E-state index in [1.54, 1.807) is 0 Å². The number of nitrogens with one attached hydrogen (secondary N) is 2. The molecule has 1 aromatic carbocycles. The molecule has 96 valence electrons. The fourth-order valence-corrected chi connectivity index (χ4v) is 2.93. The molecule has 0 bridgehead atoms. The van der Waals surface area contributed by atoms with Gasteiger partial charge in [0, 0.05) is 12.2 Å². The summed E-state index contributed by atoms with van der Waals surface area (Å²) >= 11 is 0. The number of carbonyl (C=O) groups is 1. The van der Waals surface area contributed by atoms with Crippen molar-refractivity contribution in [3.63, 3.8) is 0 Å². The zero-order valence-electron chi connectivity index (χ0n) is 10.7. The van der Waals surface area contributed by atoms with E-state index in [1.165, 1.54) is 30.4 Å². The lowest BCUT2D eigenvalue weighted by Gasteiger charge is -2.17. The zero-order valence-corrected chi connectivity index (χ0v) is 10.7. The van der Waals surface area contributed by atoms with Gasteiger partial charge in [-0.25, -0.2) is 0 Å². The highest BCUT2D eigenvalue weighted by Gasteiger charge is 2.22. The minimum absolute atomic E-state index is 0.140. The Hall–Kier alpha value is -1.35. The minimum Gasteiger partial charge on any atom is -0.326 e. The quantitative estimate of drug-likeness (QED) is 0.836. The molecule has 0 aromatic heterocycles. The van der Waals surface area contributed by atoms with Crippen LogP contribution in [0.15, 0.2) is 18.2 Å². The lowest BCUT2D eigenvalue weighted by molar-refractivity contribution is -0.119. The Labute approximate surface area is 108 Å². The molecule has 1 amide bonds. The fraction of sp³-hybridized carbons (Fsp3) is 0.533. The van der Waals surface area contributed by atoms with Crippen LogP contribution < -0.4 is 10.6 Å². The van der Waals surface area contributed by atoms with E-state index in [1.807, 2.05) is 6.07 Å². The molecule has 1 fully saturated rings. The highest BCUT2D eigenvalue weighted by Crippen LogP contribution is 2.24. The third kappa shape index (κ3) is 2.41. The maximum absolute atomic E-state index is 12.0. The normalized spacial score (nSPS) is 22.6. The predicted molar refractivity (Wildman–Crippen MR) is 72.7 cm³/mol. The SMILES string of the molecule is O=C(Nc1ccc2c(c1)CCCC2)C1CCNC1. The van der Waals surface area contributed by atoms with Crippen LogP contribution >= 0.6 is 0 Å². The van der Waals surface area contributed by atoms with Gasteiger partial charge in [-0.05, 0) is 61.9 Å². The van der Waals surface area contributed by atoms with Gasteiger partial charge >= 0.3 is 0 Å². The highest BCUT2D eigenvalue weighted by molar-refractivity contribution is 5.93. The molecule has 0 spiro atoms. The first-order valence-electron chi connectivity index (χ1n) is 6.96. The molecule has 3 rings (SSSR count). The van der Waals surface area contributed by atoms with Gasteiger partial charge in [-0.3, -0.25) is 4.79 Å². The lowest BCUT2D eigenvalue weighted by Crippen LogP contribution is -2.24. The molecule has 3 nitrogen and oxygen atoms in total. The molecule has 1 aliphatic heterocycles. The van der Waals surface area contributed by atoms with Crippen molar-refractivity contribution in [1.29, 1.82) is 0 Å². The van der Waals surface area contributed by atoms with Crippen molar-refractivity contribution in [2.45, 2.75) is 32.1 Å². The Morgan fingerprint density at radius 1 is 1.22 bits per heavy atom. The molecule has 1 aromatic rings. The Morgan fingerprint density at radius 3 is 2.83 bits per heavy atom. The van der Waals surface area contributed by atoms with Crippen LogP contribution in [0.4, 0.5) is 5.69 Å². The first-order chi connectivity index (χ1) is 8.83. The number of hydrogen-bond donors (Lipinski definition) is 2.